The molecule has 0 saturated carbocycles. The molecule has 1 N–H and O–H groups in total. The number of nitrogens with one attached hydrogen (secondary N) is 1. The zero-order chi connectivity index (χ0) is 14.5. The van der Waals surface area contributed by atoms with E-state index >= 15 is 0 Å². The predicted molar refractivity (Wildman–Crippen MR) is 84.0 cm³/mol. The van der Waals surface area contributed by atoms with Crippen molar-refractivity contribution in [2.45, 2.75) is 46.7 Å². The van der Waals surface area contributed by atoms with Gasteiger partial charge in [0.2, 0.25) is 0 Å². The molecule has 0 spiro atoms. The molecule has 1 atom stereocenters. The Balaban J connectivity index is 2.44. The van der Waals surface area contributed by atoms with Crippen molar-refractivity contribution in [1.29, 1.82) is 0 Å². The van der Waals surface area contributed by atoms with E-state index in [0.717, 1.165) is 25.2 Å². The van der Waals surface area contributed by atoms with Gasteiger partial charge in [-0.25, -0.2) is 0 Å². The molecule has 108 valence electrons. The summed E-state index contributed by atoms with van der Waals surface area (Å²) >= 11 is 0. The fourth-order valence-corrected chi connectivity index (χ4v) is 2.62. The van der Waals surface area contributed by atoms with Crippen molar-refractivity contribution in [3.8, 4) is 0 Å². The molecule has 0 amide bonds. The number of benzene rings is 1. The second-order valence-electron chi connectivity index (χ2n) is 5.27. The van der Waals surface area contributed by atoms with E-state index < -0.39 is 0 Å². The van der Waals surface area contributed by atoms with E-state index in [4.69, 9.17) is 0 Å². The summed E-state index contributed by atoms with van der Waals surface area (Å²) in [6.45, 7) is 10.5. The normalized spacial score (nSPS) is 12.6. The van der Waals surface area contributed by atoms with Gasteiger partial charge < -0.3 is 5.32 Å². The fourth-order valence-electron chi connectivity index (χ4n) is 2.62. The first-order valence-electron chi connectivity index (χ1n) is 7.50. The van der Waals surface area contributed by atoms with Crippen LogP contribution in [0.15, 0.2) is 30.3 Å². The van der Waals surface area contributed by atoms with Crippen LogP contribution in [0.25, 0.3) is 0 Å². The first-order chi connectivity index (χ1) is 9.67. The van der Waals surface area contributed by atoms with E-state index in [9.17, 15) is 0 Å². The highest BCUT2D eigenvalue weighted by Crippen LogP contribution is 2.25. The molecule has 0 radical (unpaired) electrons. The minimum atomic E-state index is 0.220. The average molecular weight is 271 g/mol. The third kappa shape index (κ3) is 3.10. The molecule has 0 aliphatic heterocycles. The van der Waals surface area contributed by atoms with E-state index in [-0.39, 0.29) is 6.04 Å². The van der Waals surface area contributed by atoms with Crippen molar-refractivity contribution < 1.29 is 0 Å². The highest BCUT2D eigenvalue weighted by atomic mass is 15.3. The van der Waals surface area contributed by atoms with Crippen molar-refractivity contribution in [1.82, 2.24) is 15.1 Å². The molecule has 0 bridgehead atoms. The van der Waals surface area contributed by atoms with E-state index in [1.54, 1.807) is 0 Å². The van der Waals surface area contributed by atoms with Crippen LogP contribution >= 0.6 is 0 Å². The Bertz CT molecular complexity index is 557. The van der Waals surface area contributed by atoms with Crippen molar-refractivity contribution in [3.63, 3.8) is 0 Å². The summed E-state index contributed by atoms with van der Waals surface area (Å²) in [6, 6.07) is 11.0. The van der Waals surface area contributed by atoms with Crippen LogP contribution < -0.4 is 5.32 Å². The highest BCUT2D eigenvalue weighted by molar-refractivity contribution is 5.35. The van der Waals surface area contributed by atoms with Crippen LogP contribution in [0.1, 0.15) is 48.8 Å². The number of hydrogen-bond acceptors (Lipinski definition) is 2. The lowest BCUT2D eigenvalue weighted by Gasteiger charge is -2.22. The molecule has 20 heavy (non-hydrogen) atoms. The summed E-state index contributed by atoms with van der Waals surface area (Å²) in [6.07, 6.45) is 1.13. The van der Waals surface area contributed by atoms with Gasteiger partial charge in [0.05, 0.1) is 17.4 Å². The van der Waals surface area contributed by atoms with E-state index in [1.165, 1.54) is 16.8 Å². The number of nitrogens with zero attached hydrogens (tertiary/aromatic N) is 2. The highest BCUT2D eigenvalue weighted by Gasteiger charge is 2.19. The van der Waals surface area contributed by atoms with E-state index in [0.29, 0.717) is 0 Å². The molecule has 3 nitrogen and oxygen atoms in total. The first kappa shape index (κ1) is 14.8. The molecule has 2 rings (SSSR count). The topological polar surface area (TPSA) is 29.9 Å². The monoisotopic (exact) mass is 271 g/mol. The molecule has 3 heteroatoms. The Labute approximate surface area is 122 Å². The molecule has 0 fully saturated rings. The van der Waals surface area contributed by atoms with Crippen LogP contribution in [0, 0.1) is 13.8 Å². The van der Waals surface area contributed by atoms with Gasteiger partial charge in [0.25, 0.3) is 0 Å². The lowest BCUT2D eigenvalue weighted by atomic mass is 9.98. The van der Waals surface area contributed by atoms with Crippen LogP contribution in [0.2, 0.25) is 0 Å². The van der Waals surface area contributed by atoms with Crippen LogP contribution in [-0.4, -0.2) is 16.3 Å². The molecule has 0 aliphatic rings. The summed E-state index contributed by atoms with van der Waals surface area (Å²) in [5, 5.41) is 8.26. The fraction of sp³-hybridized carbons (Fsp3) is 0.471. The van der Waals surface area contributed by atoms with Gasteiger partial charge in [0, 0.05) is 6.54 Å². The Morgan fingerprint density at radius 1 is 1.20 bits per heavy atom. The molecule has 1 heterocycles. The van der Waals surface area contributed by atoms with E-state index in [1.807, 2.05) is 0 Å². The van der Waals surface area contributed by atoms with Crippen molar-refractivity contribution >= 4 is 0 Å². The van der Waals surface area contributed by atoms with Gasteiger partial charge in [-0.1, -0.05) is 31.2 Å². The van der Waals surface area contributed by atoms with Gasteiger partial charge in [-0.05, 0) is 50.9 Å². The van der Waals surface area contributed by atoms with Gasteiger partial charge in [-0.2, -0.15) is 5.10 Å². The Kier molecular flexibility index (Phi) is 4.96. The molecule has 0 aliphatic carbocycles. The maximum atomic E-state index is 4.59. The SMILES string of the molecule is CCCNC(c1ccccc1C)c1cc(C)nn1CC. The van der Waals surface area contributed by atoms with Crippen molar-refractivity contribution in [2.24, 2.45) is 0 Å². The largest absolute Gasteiger partial charge is 0.305 e. The molecule has 1 aromatic heterocycles. The molecular weight excluding hydrogens is 246 g/mol. The maximum absolute atomic E-state index is 4.59. The summed E-state index contributed by atoms with van der Waals surface area (Å²) < 4.78 is 2.11. The van der Waals surface area contributed by atoms with Crippen LogP contribution in [0.3, 0.4) is 0 Å². The number of rotatable bonds is 6. The summed E-state index contributed by atoms with van der Waals surface area (Å²) in [4.78, 5) is 0. The van der Waals surface area contributed by atoms with Gasteiger partial charge in [-0.15, -0.1) is 0 Å². The molecular formula is C17H25N3. The Morgan fingerprint density at radius 2 is 1.95 bits per heavy atom. The van der Waals surface area contributed by atoms with Crippen LogP contribution in [0.5, 0.6) is 0 Å². The minimum Gasteiger partial charge on any atom is -0.305 e. The van der Waals surface area contributed by atoms with Gasteiger partial charge in [0.1, 0.15) is 0 Å². The lowest BCUT2D eigenvalue weighted by Crippen LogP contribution is -2.26. The summed E-state index contributed by atoms with van der Waals surface area (Å²) in [5.74, 6) is 0. The molecule has 1 aromatic carbocycles. The zero-order valence-corrected chi connectivity index (χ0v) is 13.0. The standard InChI is InChI=1S/C17H25N3/c1-5-11-18-17(15-10-8-7-9-13(15)3)16-12-14(4)19-20(16)6-2/h7-10,12,17-18H,5-6,11H2,1-4H3. The van der Waals surface area contributed by atoms with Crippen LogP contribution in [-0.2, 0) is 6.54 Å². The Morgan fingerprint density at radius 3 is 2.60 bits per heavy atom. The lowest BCUT2D eigenvalue weighted by molar-refractivity contribution is 0.527. The zero-order valence-electron chi connectivity index (χ0n) is 13.0. The van der Waals surface area contributed by atoms with Gasteiger partial charge >= 0.3 is 0 Å². The quantitative estimate of drug-likeness (QED) is 0.870. The Hall–Kier alpha value is -1.61. The second-order valence-corrected chi connectivity index (χ2v) is 5.27. The number of aryl methyl sites for hydroxylation is 3. The third-order valence-corrected chi connectivity index (χ3v) is 3.63. The van der Waals surface area contributed by atoms with Gasteiger partial charge in [0.15, 0.2) is 0 Å². The summed E-state index contributed by atoms with van der Waals surface area (Å²) in [7, 11) is 0. The first-order valence-corrected chi connectivity index (χ1v) is 7.50. The minimum absolute atomic E-state index is 0.220. The smallest absolute Gasteiger partial charge is 0.0750 e. The van der Waals surface area contributed by atoms with Crippen molar-refractivity contribution in [3.05, 3.63) is 52.8 Å². The third-order valence-electron chi connectivity index (χ3n) is 3.63. The molecule has 1 unspecified atom stereocenters. The van der Waals surface area contributed by atoms with Gasteiger partial charge in [-0.3, -0.25) is 4.68 Å². The van der Waals surface area contributed by atoms with E-state index in [2.05, 4.69) is 73.1 Å². The average Bonchev–Trinajstić information content (AvgIpc) is 2.82. The predicted octanol–water partition coefficient (Wildman–Crippen LogP) is 3.61. The van der Waals surface area contributed by atoms with Crippen molar-refractivity contribution in [2.75, 3.05) is 6.54 Å². The van der Waals surface area contributed by atoms with Crippen LogP contribution in [0.4, 0.5) is 0 Å². The summed E-state index contributed by atoms with van der Waals surface area (Å²) in [5.41, 5.74) is 5.00. The molecule has 2 aromatic rings. The maximum Gasteiger partial charge on any atom is 0.0750 e. The number of aromatic nitrogens is 2. The number of hydrogen-bond donors (Lipinski definition) is 1. The second kappa shape index (κ2) is 6.71. The molecule has 0 saturated heterocycles.